The molecular weight excluding hydrogens is 497 g/mol. The zero-order valence-corrected chi connectivity index (χ0v) is 23.0. The zero-order valence-electron chi connectivity index (χ0n) is 23.0. The molecular formula is C33H30BN3O3. The number of furan rings is 1. The summed E-state index contributed by atoms with van der Waals surface area (Å²) in [6.07, 6.45) is -0.280. The molecule has 1 aromatic heterocycles. The maximum Gasteiger partial charge on any atom is 0.494 e. The Morgan fingerprint density at radius 2 is 1.45 bits per heavy atom. The number of fused-ring (bicyclic) bond motifs is 3. The van der Waals surface area contributed by atoms with Crippen LogP contribution in [-0.2, 0) is 9.31 Å². The highest BCUT2D eigenvalue weighted by molar-refractivity contribution is 6.62. The summed E-state index contributed by atoms with van der Waals surface area (Å²) in [6.45, 7) is 8.27. The van der Waals surface area contributed by atoms with Gasteiger partial charge in [0.1, 0.15) is 23.2 Å². The van der Waals surface area contributed by atoms with E-state index < -0.39 is 18.3 Å². The van der Waals surface area contributed by atoms with Crippen molar-refractivity contribution in [2.24, 2.45) is 9.98 Å². The van der Waals surface area contributed by atoms with Gasteiger partial charge in [-0.1, -0.05) is 84.9 Å². The molecule has 1 unspecified atom stereocenters. The number of nitrogens with zero attached hydrogens (tertiary/aromatic N) is 2. The smallest absolute Gasteiger partial charge is 0.456 e. The molecule has 5 aromatic rings. The highest BCUT2D eigenvalue weighted by Crippen LogP contribution is 2.38. The van der Waals surface area contributed by atoms with Crippen molar-refractivity contribution < 1.29 is 13.7 Å². The molecule has 1 fully saturated rings. The van der Waals surface area contributed by atoms with Gasteiger partial charge < -0.3 is 19.0 Å². The van der Waals surface area contributed by atoms with Gasteiger partial charge in [-0.2, -0.15) is 0 Å². The normalized spacial score (nSPS) is 19.9. The Labute approximate surface area is 233 Å². The van der Waals surface area contributed by atoms with Crippen molar-refractivity contribution >= 4 is 46.2 Å². The molecule has 0 saturated carbocycles. The molecule has 0 spiro atoms. The van der Waals surface area contributed by atoms with E-state index in [4.69, 9.17) is 23.7 Å². The van der Waals surface area contributed by atoms with Gasteiger partial charge in [0.2, 0.25) is 0 Å². The van der Waals surface area contributed by atoms with Crippen molar-refractivity contribution in [3.63, 3.8) is 0 Å². The Bertz CT molecular complexity index is 1780. The Morgan fingerprint density at radius 1 is 0.750 bits per heavy atom. The maximum absolute atomic E-state index is 6.35. The van der Waals surface area contributed by atoms with E-state index in [0.29, 0.717) is 5.84 Å². The molecule has 2 aliphatic rings. The van der Waals surface area contributed by atoms with Gasteiger partial charge in [-0.25, -0.2) is 9.98 Å². The van der Waals surface area contributed by atoms with Crippen LogP contribution >= 0.6 is 0 Å². The SMILES string of the molecule is CC1(C)OB(c2ccc3oc4cccc(C5=NC(c6ccccc6)NC(c6ccccc6)=N5)c4c3c2)OC1(C)C. The van der Waals surface area contributed by atoms with Gasteiger partial charge in [-0.05, 0) is 50.9 Å². The third-order valence-electron chi connectivity index (χ3n) is 8.19. The minimum atomic E-state index is -0.465. The van der Waals surface area contributed by atoms with Crippen LogP contribution in [0, 0.1) is 0 Å². The zero-order chi connectivity index (χ0) is 27.5. The number of amidine groups is 2. The van der Waals surface area contributed by atoms with E-state index in [9.17, 15) is 0 Å². The van der Waals surface area contributed by atoms with Gasteiger partial charge in [-0.15, -0.1) is 0 Å². The molecule has 1 saturated heterocycles. The standard InChI is InChI=1S/C33H30BN3O3/c1-32(2)33(3,4)40-34(39-32)23-18-19-26-25(20-23)28-24(16-11-17-27(28)38-26)31-36-29(21-12-7-5-8-13-21)35-30(37-31)22-14-9-6-10-15-22/h5-20,29H,1-4H3,(H,35,36,37). The first-order valence-electron chi connectivity index (χ1n) is 13.6. The van der Waals surface area contributed by atoms with Crippen LogP contribution in [0.3, 0.4) is 0 Å². The number of hydrogen-bond donors (Lipinski definition) is 1. The van der Waals surface area contributed by atoms with E-state index in [0.717, 1.165) is 49.9 Å². The Balaban J connectivity index is 1.39. The van der Waals surface area contributed by atoms with Gasteiger partial charge in [-0.3, -0.25) is 0 Å². The average Bonchev–Trinajstić information content (AvgIpc) is 3.45. The van der Waals surface area contributed by atoms with Gasteiger partial charge in [0.05, 0.1) is 11.2 Å². The van der Waals surface area contributed by atoms with E-state index in [1.165, 1.54) is 0 Å². The summed E-state index contributed by atoms with van der Waals surface area (Å²) < 4.78 is 19.0. The van der Waals surface area contributed by atoms with E-state index in [1.807, 2.05) is 60.7 Å². The number of rotatable bonds is 4. The first-order valence-corrected chi connectivity index (χ1v) is 13.6. The van der Waals surface area contributed by atoms with E-state index in [2.05, 4.69) is 69.4 Å². The molecule has 6 nitrogen and oxygen atoms in total. The van der Waals surface area contributed by atoms with Crippen LogP contribution in [0.2, 0.25) is 0 Å². The molecule has 1 N–H and O–H groups in total. The predicted octanol–water partition coefficient (Wildman–Crippen LogP) is 6.38. The van der Waals surface area contributed by atoms with Crippen molar-refractivity contribution in [1.82, 2.24) is 5.32 Å². The summed E-state index contributed by atoms with van der Waals surface area (Å²) in [6, 6.07) is 32.6. The van der Waals surface area contributed by atoms with Crippen LogP contribution in [0.15, 0.2) is 111 Å². The fraction of sp³-hybridized carbons (Fsp3) is 0.212. The molecule has 0 bridgehead atoms. The van der Waals surface area contributed by atoms with Crippen LogP contribution in [0.4, 0.5) is 0 Å². The van der Waals surface area contributed by atoms with E-state index in [-0.39, 0.29) is 6.17 Å². The number of nitrogens with one attached hydrogen (secondary N) is 1. The van der Waals surface area contributed by atoms with Crippen molar-refractivity contribution in [3.8, 4) is 0 Å². The van der Waals surface area contributed by atoms with E-state index in [1.54, 1.807) is 0 Å². The van der Waals surface area contributed by atoms with Crippen molar-refractivity contribution in [2.75, 3.05) is 0 Å². The lowest BCUT2D eigenvalue weighted by atomic mass is 9.78. The van der Waals surface area contributed by atoms with Crippen LogP contribution in [0.25, 0.3) is 21.9 Å². The third kappa shape index (κ3) is 4.13. The lowest BCUT2D eigenvalue weighted by molar-refractivity contribution is 0.00578. The summed E-state index contributed by atoms with van der Waals surface area (Å²) in [5, 5.41) is 5.48. The summed E-state index contributed by atoms with van der Waals surface area (Å²) in [7, 11) is -0.465. The first kappa shape index (κ1) is 24.8. The number of benzene rings is 4. The van der Waals surface area contributed by atoms with Crippen molar-refractivity contribution in [3.05, 3.63) is 114 Å². The Morgan fingerprint density at radius 3 is 2.17 bits per heavy atom. The second kappa shape index (κ2) is 9.19. The number of aliphatic imine (C=N–C) groups is 2. The summed E-state index contributed by atoms with van der Waals surface area (Å²) in [4.78, 5) is 10.1. The molecule has 198 valence electrons. The van der Waals surface area contributed by atoms with Gasteiger partial charge in [0.25, 0.3) is 0 Å². The Hall–Kier alpha value is -4.20. The highest BCUT2D eigenvalue weighted by atomic mass is 16.7. The molecule has 3 heterocycles. The second-order valence-corrected chi connectivity index (χ2v) is 11.4. The van der Waals surface area contributed by atoms with E-state index >= 15 is 0 Å². The summed E-state index contributed by atoms with van der Waals surface area (Å²) >= 11 is 0. The van der Waals surface area contributed by atoms with Crippen molar-refractivity contribution in [1.29, 1.82) is 0 Å². The van der Waals surface area contributed by atoms with Crippen LogP contribution < -0.4 is 10.8 Å². The molecule has 1 atom stereocenters. The van der Waals surface area contributed by atoms with Crippen molar-refractivity contribution in [2.45, 2.75) is 45.1 Å². The molecule has 2 aliphatic heterocycles. The molecule has 0 radical (unpaired) electrons. The molecule has 7 rings (SSSR count). The predicted molar refractivity (Wildman–Crippen MR) is 161 cm³/mol. The summed E-state index contributed by atoms with van der Waals surface area (Å²) in [5.74, 6) is 1.43. The average molecular weight is 527 g/mol. The fourth-order valence-electron chi connectivity index (χ4n) is 5.27. The minimum absolute atomic E-state index is 0.280. The third-order valence-corrected chi connectivity index (χ3v) is 8.19. The maximum atomic E-state index is 6.35. The highest BCUT2D eigenvalue weighted by Gasteiger charge is 2.51. The number of hydrogen-bond acceptors (Lipinski definition) is 6. The lowest BCUT2D eigenvalue weighted by Gasteiger charge is -2.32. The van der Waals surface area contributed by atoms with Gasteiger partial charge in [0.15, 0.2) is 5.84 Å². The largest absolute Gasteiger partial charge is 0.494 e. The van der Waals surface area contributed by atoms with Gasteiger partial charge in [0, 0.05) is 21.9 Å². The molecule has 0 amide bonds. The lowest BCUT2D eigenvalue weighted by Crippen LogP contribution is -2.41. The van der Waals surface area contributed by atoms with Gasteiger partial charge >= 0.3 is 7.12 Å². The van der Waals surface area contributed by atoms with Crippen LogP contribution in [0.5, 0.6) is 0 Å². The van der Waals surface area contributed by atoms with Crippen LogP contribution in [-0.4, -0.2) is 30.0 Å². The molecule has 40 heavy (non-hydrogen) atoms. The minimum Gasteiger partial charge on any atom is -0.456 e. The van der Waals surface area contributed by atoms with Crippen LogP contribution in [0.1, 0.15) is 50.6 Å². The molecule has 7 heteroatoms. The monoisotopic (exact) mass is 527 g/mol. The Kier molecular flexibility index (Phi) is 5.70. The topological polar surface area (TPSA) is 68.4 Å². The molecule has 0 aliphatic carbocycles. The second-order valence-electron chi connectivity index (χ2n) is 11.4. The fourth-order valence-corrected chi connectivity index (χ4v) is 5.27. The quantitative estimate of drug-likeness (QED) is 0.276. The summed E-state index contributed by atoms with van der Waals surface area (Å²) in [5.41, 5.74) is 4.67. The molecule has 4 aromatic carbocycles. The first-order chi connectivity index (χ1) is 19.3.